The number of hydrogen-bond donors (Lipinski definition) is 1. The predicted octanol–water partition coefficient (Wildman–Crippen LogP) is 4.41. The summed E-state index contributed by atoms with van der Waals surface area (Å²) in [5.41, 5.74) is 1.29. The molecule has 0 saturated heterocycles. The Morgan fingerprint density at radius 2 is 2.06 bits per heavy atom. The van der Waals surface area contributed by atoms with Crippen LogP contribution in [0.3, 0.4) is 0 Å². The highest BCUT2D eigenvalue weighted by atomic mass is 79.9. The third-order valence-corrected chi connectivity index (χ3v) is 4.82. The molecule has 6 heteroatoms. The van der Waals surface area contributed by atoms with Gasteiger partial charge in [0.1, 0.15) is 0 Å². The van der Waals surface area contributed by atoms with Crippen LogP contribution in [0.25, 0.3) is 0 Å². The van der Waals surface area contributed by atoms with Crippen molar-refractivity contribution in [2.75, 3.05) is 11.9 Å². The van der Waals surface area contributed by atoms with Gasteiger partial charge in [-0.25, -0.2) is 0 Å². The van der Waals surface area contributed by atoms with E-state index in [2.05, 4.69) is 62.6 Å². The van der Waals surface area contributed by atoms with E-state index in [1.54, 1.807) is 23.1 Å². The van der Waals surface area contributed by atoms with Gasteiger partial charge in [-0.3, -0.25) is 0 Å². The first kappa shape index (κ1) is 13.8. The summed E-state index contributed by atoms with van der Waals surface area (Å²) in [7, 11) is 0. The van der Waals surface area contributed by atoms with Gasteiger partial charge in [0, 0.05) is 16.8 Å². The van der Waals surface area contributed by atoms with E-state index in [0.29, 0.717) is 0 Å². The maximum Gasteiger partial charge on any atom is 0.206 e. The van der Waals surface area contributed by atoms with Crippen molar-refractivity contribution >= 4 is 44.2 Å². The molecule has 1 N–H and O–H groups in total. The van der Waals surface area contributed by atoms with E-state index in [0.717, 1.165) is 32.7 Å². The maximum absolute atomic E-state index is 4.16. The van der Waals surface area contributed by atoms with E-state index in [1.807, 2.05) is 0 Å². The van der Waals surface area contributed by atoms with Crippen molar-refractivity contribution in [1.29, 1.82) is 0 Å². The Bertz CT molecular complexity index is 484. The molecule has 3 nitrogen and oxygen atoms in total. The van der Waals surface area contributed by atoms with Crippen molar-refractivity contribution in [2.24, 2.45) is 0 Å². The first-order chi connectivity index (χ1) is 8.78. The minimum absolute atomic E-state index is 0.912. The SMILES string of the molecule is CCCNc1nnc(SCc2ccc(Br)cc2)s1. The summed E-state index contributed by atoms with van der Waals surface area (Å²) < 4.78 is 2.12. The number of anilines is 1. The normalized spacial score (nSPS) is 10.6. The minimum atomic E-state index is 0.912. The van der Waals surface area contributed by atoms with E-state index in [4.69, 9.17) is 0 Å². The highest BCUT2D eigenvalue weighted by molar-refractivity contribution is 9.10. The van der Waals surface area contributed by atoms with Crippen LogP contribution in [0.2, 0.25) is 0 Å². The first-order valence-corrected chi connectivity index (χ1v) is 8.32. The molecule has 0 saturated carbocycles. The third-order valence-electron chi connectivity index (χ3n) is 2.21. The van der Waals surface area contributed by atoms with Crippen LogP contribution in [0.1, 0.15) is 18.9 Å². The fourth-order valence-electron chi connectivity index (χ4n) is 1.30. The number of aromatic nitrogens is 2. The van der Waals surface area contributed by atoms with Crippen molar-refractivity contribution in [3.63, 3.8) is 0 Å². The molecule has 0 aliphatic heterocycles. The molecule has 1 aromatic heterocycles. The van der Waals surface area contributed by atoms with Crippen LogP contribution in [-0.2, 0) is 5.75 Å². The Morgan fingerprint density at radius 3 is 2.78 bits per heavy atom. The monoisotopic (exact) mass is 343 g/mol. The molecule has 0 fully saturated rings. The predicted molar refractivity (Wildman–Crippen MR) is 82.4 cm³/mol. The molecule has 2 rings (SSSR count). The lowest BCUT2D eigenvalue weighted by Gasteiger charge is -1.98. The highest BCUT2D eigenvalue weighted by Gasteiger charge is 2.04. The van der Waals surface area contributed by atoms with Gasteiger partial charge in [-0.2, -0.15) is 0 Å². The van der Waals surface area contributed by atoms with Gasteiger partial charge in [0.25, 0.3) is 0 Å². The van der Waals surface area contributed by atoms with Crippen LogP contribution >= 0.6 is 39.0 Å². The number of nitrogens with one attached hydrogen (secondary N) is 1. The Morgan fingerprint density at radius 1 is 1.28 bits per heavy atom. The zero-order valence-electron chi connectivity index (χ0n) is 10.0. The van der Waals surface area contributed by atoms with Gasteiger partial charge in [0.05, 0.1) is 0 Å². The first-order valence-electron chi connectivity index (χ1n) is 5.72. The molecule has 0 spiro atoms. The van der Waals surface area contributed by atoms with Crippen LogP contribution in [0.5, 0.6) is 0 Å². The molecule has 0 aliphatic carbocycles. The molecule has 0 radical (unpaired) electrons. The summed E-state index contributed by atoms with van der Waals surface area (Å²) in [4.78, 5) is 0. The molecule has 0 aliphatic rings. The topological polar surface area (TPSA) is 37.8 Å². The van der Waals surface area contributed by atoms with E-state index < -0.39 is 0 Å². The van der Waals surface area contributed by atoms with Gasteiger partial charge in [-0.15, -0.1) is 10.2 Å². The molecule has 0 atom stereocenters. The standard InChI is InChI=1S/C12H14BrN3S2/c1-2-7-14-11-15-16-12(18-11)17-8-9-3-5-10(13)6-4-9/h3-6H,2,7-8H2,1H3,(H,14,15). The van der Waals surface area contributed by atoms with Crippen LogP contribution in [-0.4, -0.2) is 16.7 Å². The summed E-state index contributed by atoms with van der Waals surface area (Å²) in [5, 5.41) is 12.4. The number of thioether (sulfide) groups is 1. The smallest absolute Gasteiger partial charge is 0.206 e. The molecule has 1 aromatic carbocycles. The minimum Gasteiger partial charge on any atom is -0.360 e. The highest BCUT2D eigenvalue weighted by Crippen LogP contribution is 2.28. The number of nitrogens with zero attached hydrogens (tertiary/aromatic N) is 2. The maximum atomic E-state index is 4.16. The van der Waals surface area contributed by atoms with Crippen molar-refractivity contribution in [3.05, 3.63) is 34.3 Å². The molecular weight excluding hydrogens is 330 g/mol. The van der Waals surface area contributed by atoms with Crippen LogP contribution in [0.15, 0.2) is 33.1 Å². The molecule has 2 aromatic rings. The van der Waals surface area contributed by atoms with Crippen LogP contribution in [0, 0.1) is 0 Å². The van der Waals surface area contributed by atoms with Gasteiger partial charge in [-0.05, 0) is 24.1 Å². The Kier molecular flexibility index (Phi) is 5.46. The van der Waals surface area contributed by atoms with Gasteiger partial charge in [0.15, 0.2) is 4.34 Å². The van der Waals surface area contributed by atoms with Gasteiger partial charge in [-0.1, -0.05) is 58.1 Å². The second-order valence-electron chi connectivity index (χ2n) is 3.72. The lowest BCUT2D eigenvalue weighted by molar-refractivity contribution is 0.951. The van der Waals surface area contributed by atoms with Crippen molar-refractivity contribution < 1.29 is 0 Å². The van der Waals surface area contributed by atoms with E-state index in [1.165, 1.54) is 5.56 Å². The van der Waals surface area contributed by atoms with Gasteiger partial charge in [0.2, 0.25) is 5.13 Å². The average Bonchev–Trinajstić information content (AvgIpc) is 2.84. The van der Waals surface area contributed by atoms with Crippen LogP contribution < -0.4 is 5.32 Å². The molecule has 18 heavy (non-hydrogen) atoms. The number of rotatable bonds is 6. The zero-order valence-corrected chi connectivity index (χ0v) is 13.2. The van der Waals surface area contributed by atoms with Gasteiger partial charge >= 0.3 is 0 Å². The summed E-state index contributed by atoms with van der Waals surface area (Å²) >= 11 is 6.77. The molecule has 96 valence electrons. The molecule has 0 amide bonds. The lowest BCUT2D eigenvalue weighted by Crippen LogP contribution is -1.98. The van der Waals surface area contributed by atoms with E-state index in [9.17, 15) is 0 Å². The summed E-state index contributed by atoms with van der Waals surface area (Å²) in [6.45, 7) is 3.09. The molecular formula is C12H14BrN3S2. The quantitative estimate of drug-likeness (QED) is 0.788. The Hall–Kier alpha value is -0.590. The fourth-order valence-corrected chi connectivity index (χ4v) is 3.29. The van der Waals surface area contributed by atoms with Gasteiger partial charge < -0.3 is 5.32 Å². The van der Waals surface area contributed by atoms with Crippen LogP contribution in [0.4, 0.5) is 5.13 Å². The Balaban J connectivity index is 1.86. The van der Waals surface area contributed by atoms with E-state index >= 15 is 0 Å². The zero-order chi connectivity index (χ0) is 12.8. The summed E-state index contributed by atoms with van der Waals surface area (Å²) in [6, 6.07) is 8.36. The molecule has 0 bridgehead atoms. The number of hydrogen-bond acceptors (Lipinski definition) is 5. The van der Waals surface area contributed by atoms with E-state index in [-0.39, 0.29) is 0 Å². The van der Waals surface area contributed by atoms with Crippen molar-refractivity contribution in [3.8, 4) is 0 Å². The average molecular weight is 344 g/mol. The number of halogens is 1. The largest absolute Gasteiger partial charge is 0.360 e. The fraction of sp³-hybridized carbons (Fsp3) is 0.333. The second-order valence-corrected chi connectivity index (χ2v) is 6.83. The lowest BCUT2D eigenvalue weighted by atomic mass is 10.2. The Labute approximate surface area is 124 Å². The third kappa shape index (κ3) is 4.26. The van der Waals surface area contributed by atoms with Crippen molar-refractivity contribution in [2.45, 2.75) is 23.4 Å². The van der Waals surface area contributed by atoms with Crippen molar-refractivity contribution in [1.82, 2.24) is 10.2 Å². The molecule has 1 heterocycles. The summed E-state index contributed by atoms with van der Waals surface area (Å²) in [6.07, 6.45) is 1.10. The molecule has 0 unspecified atom stereocenters. The number of benzene rings is 1. The second kappa shape index (κ2) is 7.11. The summed E-state index contributed by atoms with van der Waals surface area (Å²) in [5.74, 6) is 0.926.